The predicted molar refractivity (Wildman–Crippen MR) is 127 cm³/mol. The fourth-order valence-corrected chi connectivity index (χ4v) is 2.95. The summed E-state index contributed by atoms with van der Waals surface area (Å²) < 4.78 is 16.0. The van der Waals surface area contributed by atoms with Gasteiger partial charge in [-0.15, -0.1) is 0 Å². The van der Waals surface area contributed by atoms with Crippen molar-refractivity contribution in [1.82, 2.24) is 5.32 Å². The lowest BCUT2D eigenvalue weighted by molar-refractivity contribution is -0.161. The molecule has 0 radical (unpaired) electrons. The van der Waals surface area contributed by atoms with E-state index in [4.69, 9.17) is 14.2 Å². The van der Waals surface area contributed by atoms with Gasteiger partial charge in [-0.25, -0.2) is 14.4 Å². The van der Waals surface area contributed by atoms with E-state index in [-0.39, 0.29) is 5.56 Å². The first-order valence-corrected chi connectivity index (χ1v) is 11.0. The molecule has 2 atom stereocenters. The number of hydrogen-bond acceptors (Lipinski definition) is 7. The summed E-state index contributed by atoms with van der Waals surface area (Å²) in [6.45, 7) is 9.23. The molecule has 0 unspecified atom stereocenters. The molecule has 0 fully saturated rings. The molecule has 8 heteroatoms. The summed E-state index contributed by atoms with van der Waals surface area (Å²) >= 11 is 0. The number of benzene rings is 2. The number of nitrogens with one attached hydrogen (secondary N) is 1. The van der Waals surface area contributed by atoms with E-state index in [2.05, 4.69) is 5.32 Å². The number of esters is 2. The van der Waals surface area contributed by atoms with Crippen LogP contribution in [0, 0.1) is 0 Å². The molecule has 0 aliphatic carbocycles. The van der Waals surface area contributed by atoms with Crippen molar-refractivity contribution in [2.24, 2.45) is 0 Å². The average molecular weight is 472 g/mol. The SMILES string of the molecule is CC(C)(C)OC(=O)N[C@H](C(=O)OC(C)(C)C)[C@H](CO)OC(=O)c1ccc(-c2ccccc2)cc1. The Bertz CT molecular complexity index is 973. The molecule has 184 valence electrons. The molecule has 0 saturated heterocycles. The van der Waals surface area contributed by atoms with Crippen LogP contribution in [0.1, 0.15) is 51.9 Å². The summed E-state index contributed by atoms with van der Waals surface area (Å²) in [6, 6.07) is 14.9. The van der Waals surface area contributed by atoms with Gasteiger partial charge in [-0.2, -0.15) is 0 Å². The Kier molecular flexibility index (Phi) is 8.81. The van der Waals surface area contributed by atoms with Gasteiger partial charge in [0, 0.05) is 0 Å². The van der Waals surface area contributed by atoms with Crippen LogP contribution < -0.4 is 5.32 Å². The lowest BCUT2D eigenvalue weighted by atomic mass is 10.0. The fourth-order valence-electron chi connectivity index (χ4n) is 2.95. The number of carbonyl (C=O) groups is 3. The lowest BCUT2D eigenvalue weighted by Crippen LogP contribution is -2.54. The zero-order chi connectivity index (χ0) is 25.5. The van der Waals surface area contributed by atoms with Crippen LogP contribution in [0.5, 0.6) is 0 Å². The van der Waals surface area contributed by atoms with Crippen LogP contribution in [-0.2, 0) is 19.0 Å². The van der Waals surface area contributed by atoms with Crippen molar-refractivity contribution in [1.29, 1.82) is 0 Å². The van der Waals surface area contributed by atoms with Crippen LogP contribution in [0.25, 0.3) is 11.1 Å². The molecule has 0 spiro atoms. The lowest BCUT2D eigenvalue weighted by Gasteiger charge is -2.29. The molecule has 2 rings (SSSR count). The fraction of sp³-hybridized carbons (Fsp3) is 0.423. The number of aliphatic hydroxyl groups excluding tert-OH is 1. The molecule has 0 saturated carbocycles. The van der Waals surface area contributed by atoms with E-state index in [1.807, 2.05) is 30.3 Å². The topological polar surface area (TPSA) is 111 Å². The smallest absolute Gasteiger partial charge is 0.408 e. The Morgan fingerprint density at radius 3 is 1.85 bits per heavy atom. The largest absolute Gasteiger partial charge is 0.458 e. The second-order valence-electron chi connectivity index (χ2n) is 9.73. The molecule has 0 bridgehead atoms. The van der Waals surface area contributed by atoms with Crippen molar-refractivity contribution in [2.45, 2.75) is 64.9 Å². The Hall–Kier alpha value is -3.39. The summed E-state index contributed by atoms with van der Waals surface area (Å²) in [5.41, 5.74) is 0.422. The van der Waals surface area contributed by atoms with Gasteiger partial charge in [-0.3, -0.25) is 0 Å². The van der Waals surface area contributed by atoms with Crippen LogP contribution in [0.2, 0.25) is 0 Å². The maximum atomic E-state index is 12.8. The molecule has 0 aromatic heterocycles. The molecule has 2 aromatic rings. The first kappa shape index (κ1) is 26.9. The van der Waals surface area contributed by atoms with Gasteiger partial charge in [0.25, 0.3) is 0 Å². The molecule has 2 aromatic carbocycles. The van der Waals surface area contributed by atoms with Crippen LogP contribution in [0.15, 0.2) is 54.6 Å². The Morgan fingerprint density at radius 2 is 1.35 bits per heavy atom. The standard InChI is InChI=1S/C26H33NO7/c1-25(2,3)33-23(30)21(27-24(31)34-26(4,5)6)20(16-28)32-22(29)19-14-12-18(13-15-19)17-10-8-7-9-11-17/h7-15,20-21,28H,16H2,1-6H3,(H,27,31)/t20-,21-/m0/s1. The minimum absolute atomic E-state index is 0.221. The number of alkyl carbamates (subject to hydrolysis) is 1. The Balaban J connectivity index is 2.20. The molecule has 8 nitrogen and oxygen atoms in total. The number of amides is 1. The van der Waals surface area contributed by atoms with Gasteiger partial charge in [-0.05, 0) is 64.8 Å². The minimum Gasteiger partial charge on any atom is -0.458 e. The van der Waals surface area contributed by atoms with Crippen LogP contribution in [-0.4, -0.2) is 53.1 Å². The van der Waals surface area contributed by atoms with Crippen LogP contribution in [0.4, 0.5) is 4.79 Å². The number of rotatable bonds is 7. The van der Waals surface area contributed by atoms with Crippen LogP contribution in [0.3, 0.4) is 0 Å². The van der Waals surface area contributed by atoms with Crippen molar-refractivity contribution >= 4 is 18.0 Å². The van der Waals surface area contributed by atoms with Gasteiger partial charge in [0.05, 0.1) is 12.2 Å². The normalized spacial score (nSPS) is 13.4. The Morgan fingerprint density at radius 1 is 0.824 bits per heavy atom. The van der Waals surface area contributed by atoms with Gasteiger partial charge in [0.1, 0.15) is 11.2 Å². The highest BCUT2D eigenvalue weighted by molar-refractivity contribution is 5.91. The van der Waals surface area contributed by atoms with E-state index in [1.165, 1.54) is 0 Å². The van der Waals surface area contributed by atoms with Gasteiger partial charge >= 0.3 is 18.0 Å². The zero-order valence-corrected chi connectivity index (χ0v) is 20.5. The predicted octanol–water partition coefficient (Wildman–Crippen LogP) is 4.11. The molecule has 2 N–H and O–H groups in total. The summed E-state index contributed by atoms with van der Waals surface area (Å²) in [4.78, 5) is 37.9. The third-order valence-corrected chi connectivity index (χ3v) is 4.37. The van der Waals surface area contributed by atoms with E-state index in [1.54, 1.807) is 65.8 Å². The van der Waals surface area contributed by atoms with Crippen LogP contribution >= 0.6 is 0 Å². The van der Waals surface area contributed by atoms with Crippen molar-refractivity contribution < 1.29 is 33.7 Å². The molecular weight excluding hydrogens is 438 g/mol. The molecule has 0 aliphatic heterocycles. The molecule has 34 heavy (non-hydrogen) atoms. The maximum Gasteiger partial charge on any atom is 0.408 e. The Labute approximate surface area is 200 Å². The van der Waals surface area contributed by atoms with Gasteiger partial charge in [0.15, 0.2) is 12.1 Å². The summed E-state index contributed by atoms with van der Waals surface area (Å²) in [5.74, 6) is -1.64. The van der Waals surface area contributed by atoms with E-state index in [0.29, 0.717) is 0 Å². The molecular formula is C26H33NO7. The second kappa shape index (κ2) is 11.2. The average Bonchev–Trinajstić information content (AvgIpc) is 2.74. The number of hydrogen-bond donors (Lipinski definition) is 2. The van der Waals surface area contributed by atoms with E-state index in [0.717, 1.165) is 11.1 Å². The van der Waals surface area contributed by atoms with Crippen molar-refractivity contribution in [2.75, 3.05) is 6.61 Å². The van der Waals surface area contributed by atoms with Gasteiger partial charge < -0.3 is 24.6 Å². The van der Waals surface area contributed by atoms with Gasteiger partial charge in [-0.1, -0.05) is 42.5 Å². The third kappa shape index (κ3) is 8.51. The second-order valence-corrected chi connectivity index (χ2v) is 9.73. The summed E-state index contributed by atoms with van der Waals surface area (Å²) in [5, 5.41) is 12.3. The van der Waals surface area contributed by atoms with E-state index >= 15 is 0 Å². The minimum atomic E-state index is -1.48. The number of carbonyl (C=O) groups excluding carboxylic acids is 3. The van der Waals surface area contributed by atoms with Gasteiger partial charge in [0.2, 0.25) is 0 Å². The van der Waals surface area contributed by atoms with E-state index in [9.17, 15) is 19.5 Å². The highest BCUT2D eigenvalue weighted by Crippen LogP contribution is 2.20. The monoisotopic (exact) mass is 471 g/mol. The molecule has 0 heterocycles. The first-order chi connectivity index (χ1) is 15.8. The quantitative estimate of drug-likeness (QED) is 0.462. The molecule has 0 aliphatic rings. The maximum absolute atomic E-state index is 12.8. The van der Waals surface area contributed by atoms with E-state index < -0.39 is 48.0 Å². The highest BCUT2D eigenvalue weighted by Gasteiger charge is 2.37. The molecule has 1 amide bonds. The number of aliphatic hydroxyl groups is 1. The third-order valence-electron chi connectivity index (χ3n) is 4.37. The van der Waals surface area contributed by atoms with Crippen molar-refractivity contribution in [3.8, 4) is 11.1 Å². The highest BCUT2D eigenvalue weighted by atomic mass is 16.6. The first-order valence-electron chi connectivity index (χ1n) is 11.0. The van der Waals surface area contributed by atoms with Crippen molar-refractivity contribution in [3.63, 3.8) is 0 Å². The zero-order valence-electron chi connectivity index (χ0n) is 20.5. The van der Waals surface area contributed by atoms with Crippen molar-refractivity contribution in [3.05, 3.63) is 60.2 Å². The summed E-state index contributed by atoms with van der Waals surface area (Å²) in [7, 11) is 0. The summed E-state index contributed by atoms with van der Waals surface area (Å²) in [6.07, 6.45) is -2.31. The number of ether oxygens (including phenoxy) is 3.